The highest BCUT2D eigenvalue weighted by atomic mass is 16.3. The van der Waals surface area contributed by atoms with Gasteiger partial charge in [-0.25, -0.2) is 9.67 Å². The number of nitrogens with one attached hydrogen (secondary N) is 1. The number of aromatic nitrogens is 3. The molecule has 2 rings (SSSR count). The average molecular weight is 246 g/mol. The zero-order valence-electron chi connectivity index (χ0n) is 9.78. The van der Waals surface area contributed by atoms with E-state index in [0.29, 0.717) is 6.54 Å². The lowest BCUT2D eigenvalue weighted by molar-refractivity contribution is -0.122. The Morgan fingerprint density at radius 3 is 2.94 bits per heavy atom. The molecular weight excluding hydrogens is 232 g/mol. The molecule has 2 N–H and O–H groups in total. The molecule has 6 nitrogen and oxygen atoms in total. The number of rotatable bonds is 5. The summed E-state index contributed by atoms with van der Waals surface area (Å²) in [6, 6.07) is 7.44. The Labute approximate surface area is 104 Å². The molecule has 0 aliphatic carbocycles. The fraction of sp³-hybridized carbons (Fsp3) is 0.250. The highest BCUT2D eigenvalue weighted by molar-refractivity contribution is 5.75. The topological polar surface area (TPSA) is 80.0 Å². The van der Waals surface area contributed by atoms with Gasteiger partial charge in [0.1, 0.15) is 19.2 Å². The van der Waals surface area contributed by atoms with Crippen molar-refractivity contribution >= 4 is 5.91 Å². The van der Waals surface area contributed by atoms with Gasteiger partial charge in [-0.15, -0.1) is 0 Å². The Morgan fingerprint density at radius 2 is 2.22 bits per heavy atom. The first kappa shape index (κ1) is 12.3. The molecule has 1 aromatic heterocycles. The van der Waals surface area contributed by atoms with Gasteiger partial charge in [-0.05, 0) is 11.1 Å². The molecular formula is C12H14N4O2. The van der Waals surface area contributed by atoms with Crippen LogP contribution in [0.4, 0.5) is 0 Å². The molecule has 0 fully saturated rings. The predicted molar refractivity (Wildman–Crippen MR) is 64.2 cm³/mol. The number of benzene rings is 1. The molecule has 0 spiro atoms. The van der Waals surface area contributed by atoms with Crippen LogP contribution in [-0.2, 0) is 24.5 Å². The SMILES string of the molecule is O=C(Cn1cncn1)NCc1cccc(CO)c1. The van der Waals surface area contributed by atoms with Gasteiger partial charge >= 0.3 is 0 Å². The number of amides is 1. The highest BCUT2D eigenvalue weighted by Gasteiger charge is 2.03. The summed E-state index contributed by atoms with van der Waals surface area (Å²) in [6.07, 6.45) is 2.88. The summed E-state index contributed by atoms with van der Waals surface area (Å²) in [5, 5.41) is 15.6. The van der Waals surface area contributed by atoms with E-state index < -0.39 is 0 Å². The molecule has 0 bridgehead atoms. The lowest BCUT2D eigenvalue weighted by Gasteiger charge is -2.06. The lowest BCUT2D eigenvalue weighted by atomic mass is 10.1. The molecule has 2 aromatic rings. The van der Waals surface area contributed by atoms with Gasteiger partial charge in [-0.1, -0.05) is 24.3 Å². The third kappa shape index (κ3) is 3.39. The Morgan fingerprint density at radius 1 is 1.39 bits per heavy atom. The number of carbonyl (C=O) groups is 1. The summed E-state index contributed by atoms with van der Waals surface area (Å²) in [5.41, 5.74) is 1.78. The summed E-state index contributed by atoms with van der Waals surface area (Å²) in [4.78, 5) is 15.3. The Hall–Kier alpha value is -2.21. The molecule has 0 saturated heterocycles. The van der Waals surface area contributed by atoms with Crippen molar-refractivity contribution in [2.45, 2.75) is 19.7 Å². The quantitative estimate of drug-likeness (QED) is 0.783. The van der Waals surface area contributed by atoms with E-state index in [9.17, 15) is 4.79 Å². The summed E-state index contributed by atoms with van der Waals surface area (Å²) in [7, 11) is 0. The van der Waals surface area contributed by atoms with Crippen LogP contribution in [0.3, 0.4) is 0 Å². The first-order valence-corrected chi connectivity index (χ1v) is 5.55. The first-order chi connectivity index (χ1) is 8.78. The van der Waals surface area contributed by atoms with Crippen LogP contribution in [0.15, 0.2) is 36.9 Å². The summed E-state index contributed by atoms with van der Waals surface area (Å²) in [5.74, 6) is -0.130. The van der Waals surface area contributed by atoms with Crippen LogP contribution in [0.2, 0.25) is 0 Å². The Kier molecular flexibility index (Phi) is 4.03. The maximum absolute atomic E-state index is 11.6. The van der Waals surface area contributed by atoms with Gasteiger partial charge in [-0.2, -0.15) is 5.10 Å². The van der Waals surface area contributed by atoms with Gasteiger partial charge in [0.15, 0.2) is 0 Å². The minimum atomic E-state index is -0.130. The van der Waals surface area contributed by atoms with E-state index in [-0.39, 0.29) is 19.1 Å². The van der Waals surface area contributed by atoms with Crippen LogP contribution in [0.5, 0.6) is 0 Å². The minimum Gasteiger partial charge on any atom is -0.392 e. The molecule has 18 heavy (non-hydrogen) atoms. The second-order valence-electron chi connectivity index (χ2n) is 3.85. The normalized spacial score (nSPS) is 10.3. The molecule has 0 atom stereocenters. The number of carbonyl (C=O) groups excluding carboxylic acids is 1. The van der Waals surface area contributed by atoms with Crippen LogP contribution in [0.25, 0.3) is 0 Å². The molecule has 94 valence electrons. The van der Waals surface area contributed by atoms with E-state index in [2.05, 4.69) is 15.4 Å². The maximum Gasteiger partial charge on any atom is 0.242 e. The average Bonchev–Trinajstić information content (AvgIpc) is 2.89. The molecule has 0 unspecified atom stereocenters. The molecule has 0 radical (unpaired) electrons. The van der Waals surface area contributed by atoms with Crippen molar-refractivity contribution in [2.24, 2.45) is 0 Å². The lowest BCUT2D eigenvalue weighted by Crippen LogP contribution is -2.27. The summed E-state index contributed by atoms with van der Waals surface area (Å²) in [6.45, 7) is 0.585. The van der Waals surface area contributed by atoms with Crippen LogP contribution in [-0.4, -0.2) is 25.8 Å². The largest absolute Gasteiger partial charge is 0.392 e. The van der Waals surface area contributed by atoms with E-state index in [1.54, 1.807) is 0 Å². The summed E-state index contributed by atoms with van der Waals surface area (Å²) >= 11 is 0. The number of nitrogens with zero attached hydrogens (tertiary/aromatic N) is 3. The van der Waals surface area contributed by atoms with Crippen molar-refractivity contribution in [3.8, 4) is 0 Å². The predicted octanol–water partition coefficient (Wildman–Crippen LogP) is 0.0868. The molecule has 1 heterocycles. The maximum atomic E-state index is 11.6. The molecule has 1 amide bonds. The van der Waals surface area contributed by atoms with Gasteiger partial charge in [0.25, 0.3) is 0 Å². The van der Waals surface area contributed by atoms with Crippen LogP contribution in [0, 0.1) is 0 Å². The van der Waals surface area contributed by atoms with Gasteiger partial charge in [-0.3, -0.25) is 4.79 Å². The van der Waals surface area contributed by atoms with Crippen molar-refractivity contribution < 1.29 is 9.90 Å². The standard InChI is InChI=1S/C12H14N4O2/c17-7-11-3-1-2-10(4-11)5-14-12(18)6-16-9-13-8-15-16/h1-4,8-9,17H,5-7H2,(H,14,18). The van der Waals surface area contributed by atoms with E-state index in [1.165, 1.54) is 17.3 Å². The molecule has 0 saturated carbocycles. The monoisotopic (exact) mass is 246 g/mol. The second-order valence-corrected chi connectivity index (χ2v) is 3.85. The smallest absolute Gasteiger partial charge is 0.242 e. The van der Waals surface area contributed by atoms with E-state index >= 15 is 0 Å². The van der Waals surface area contributed by atoms with E-state index in [1.807, 2.05) is 24.3 Å². The minimum absolute atomic E-state index is 0.000737. The number of hydrogen-bond acceptors (Lipinski definition) is 4. The van der Waals surface area contributed by atoms with Crippen molar-refractivity contribution in [3.05, 3.63) is 48.0 Å². The summed E-state index contributed by atoms with van der Waals surface area (Å²) < 4.78 is 1.46. The zero-order chi connectivity index (χ0) is 12.8. The first-order valence-electron chi connectivity index (χ1n) is 5.55. The van der Waals surface area contributed by atoms with Crippen LogP contribution in [0.1, 0.15) is 11.1 Å². The fourth-order valence-electron chi connectivity index (χ4n) is 1.56. The van der Waals surface area contributed by atoms with Crippen molar-refractivity contribution in [1.29, 1.82) is 0 Å². The number of hydrogen-bond donors (Lipinski definition) is 2. The molecule has 6 heteroatoms. The Bertz CT molecular complexity index is 511. The van der Waals surface area contributed by atoms with Crippen molar-refractivity contribution in [3.63, 3.8) is 0 Å². The third-order valence-corrected chi connectivity index (χ3v) is 2.44. The second kappa shape index (κ2) is 5.92. The third-order valence-electron chi connectivity index (χ3n) is 2.44. The molecule has 0 aliphatic rings. The van der Waals surface area contributed by atoms with Gasteiger partial charge < -0.3 is 10.4 Å². The number of aliphatic hydroxyl groups excluding tert-OH is 1. The van der Waals surface area contributed by atoms with E-state index in [0.717, 1.165) is 11.1 Å². The van der Waals surface area contributed by atoms with Gasteiger partial charge in [0.05, 0.1) is 6.61 Å². The molecule has 1 aromatic carbocycles. The zero-order valence-corrected chi connectivity index (χ0v) is 9.78. The fourth-order valence-corrected chi connectivity index (χ4v) is 1.56. The van der Waals surface area contributed by atoms with Gasteiger partial charge in [0, 0.05) is 6.54 Å². The Balaban J connectivity index is 1.85. The van der Waals surface area contributed by atoms with Crippen molar-refractivity contribution in [2.75, 3.05) is 0 Å². The van der Waals surface area contributed by atoms with Crippen LogP contribution < -0.4 is 5.32 Å². The van der Waals surface area contributed by atoms with Crippen molar-refractivity contribution in [1.82, 2.24) is 20.1 Å². The number of aliphatic hydroxyl groups is 1. The molecule has 0 aliphatic heterocycles. The van der Waals surface area contributed by atoms with E-state index in [4.69, 9.17) is 5.11 Å². The van der Waals surface area contributed by atoms with Gasteiger partial charge in [0.2, 0.25) is 5.91 Å². The highest BCUT2D eigenvalue weighted by Crippen LogP contribution is 2.04. The van der Waals surface area contributed by atoms with Crippen LogP contribution >= 0.6 is 0 Å².